The van der Waals surface area contributed by atoms with Gasteiger partial charge in [-0.05, 0) is 68.5 Å². The largest absolute Gasteiger partial charge is 0.468 e. The number of amides is 2. The van der Waals surface area contributed by atoms with Gasteiger partial charge < -0.3 is 15.1 Å². The van der Waals surface area contributed by atoms with Crippen molar-refractivity contribution in [2.24, 2.45) is 0 Å². The van der Waals surface area contributed by atoms with Crippen molar-refractivity contribution in [3.8, 4) is 0 Å². The van der Waals surface area contributed by atoms with Crippen LogP contribution in [0.3, 0.4) is 0 Å². The highest BCUT2D eigenvalue weighted by Crippen LogP contribution is 2.29. The molecule has 1 aromatic carbocycles. The fourth-order valence-electron chi connectivity index (χ4n) is 3.44. The number of carbonyl (C=O) groups is 2. The number of carbonyl (C=O) groups excluding carboxylic acids is 2. The Hall–Kier alpha value is -2.58. The summed E-state index contributed by atoms with van der Waals surface area (Å²) in [5.41, 5.74) is 1.29. The van der Waals surface area contributed by atoms with Gasteiger partial charge in [-0.1, -0.05) is 23.3 Å². The number of halogens is 1. The molecule has 31 heavy (non-hydrogen) atoms. The fourth-order valence-corrected chi connectivity index (χ4v) is 5.15. The molecule has 1 atom stereocenters. The minimum Gasteiger partial charge on any atom is -0.468 e. The van der Waals surface area contributed by atoms with Crippen molar-refractivity contribution in [2.45, 2.75) is 42.2 Å². The summed E-state index contributed by atoms with van der Waals surface area (Å²) in [6.45, 7) is 0.0542. The van der Waals surface area contributed by atoms with E-state index in [0.717, 1.165) is 19.3 Å². The molecule has 166 valence electrons. The summed E-state index contributed by atoms with van der Waals surface area (Å²) in [4.78, 5) is 24.4. The molecule has 0 saturated carbocycles. The van der Waals surface area contributed by atoms with Gasteiger partial charge in [0.15, 0.2) is 9.84 Å². The molecule has 1 heterocycles. The molecule has 0 radical (unpaired) electrons. The molecular formula is C22H25ClN2O5S. The van der Waals surface area contributed by atoms with Crippen LogP contribution in [-0.4, -0.2) is 33.3 Å². The lowest BCUT2D eigenvalue weighted by Crippen LogP contribution is -2.42. The van der Waals surface area contributed by atoms with Gasteiger partial charge in [0.1, 0.15) is 11.0 Å². The van der Waals surface area contributed by atoms with Gasteiger partial charge in [-0.25, -0.2) is 8.42 Å². The lowest BCUT2D eigenvalue weighted by Gasteiger charge is -2.17. The molecule has 7 nitrogen and oxygen atoms in total. The van der Waals surface area contributed by atoms with Crippen LogP contribution >= 0.6 is 11.6 Å². The van der Waals surface area contributed by atoms with Crippen LogP contribution in [0.15, 0.2) is 63.6 Å². The summed E-state index contributed by atoms with van der Waals surface area (Å²) in [5, 5.41) is 4.22. The van der Waals surface area contributed by atoms with Crippen molar-refractivity contribution in [2.75, 3.05) is 13.1 Å². The highest BCUT2D eigenvalue weighted by molar-refractivity contribution is 7.91. The topological polar surface area (TPSA) is 105 Å². The average molecular weight is 465 g/mol. The van der Waals surface area contributed by atoms with Crippen molar-refractivity contribution in [3.05, 3.63) is 65.1 Å². The van der Waals surface area contributed by atoms with Crippen molar-refractivity contribution in [1.82, 2.24) is 10.6 Å². The zero-order chi connectivity index (χ0) is 22.3. The summed E-state index contributed by atoms with van der Waals surface area (Å²) < 4.78 is 31.5. The van der Waals surface area contributed by atoms with E-state index in [1.54, 1.807) is 6.07 Å². The average Bonchev–Trinajstić information content (AvgIpc) is 3.29. The van der Waals surface area contributed by atoms with E-state index in [4.69, 9.17) is 16.0 Å². The molecule has 2 amide bonds. The maximum atomic E-state index is 13.1. The molecule has 0 fully saturated rings. The first kappa shape index (κ1) is 23.1. The van der Waals surface area contributed by atoms with Crippen LogP contribution in [-0.2, 0) is 19.4 Å². The molecule has 9 heteroatoms. The Labute approximate surface area is 186 Å². The molecule has 3 rings (SSSR count). The van der Waals surface area contributed by atoms with Gasteiger partial charge in [-0.2, -0.15) is 0 Å². The third-order valence-corrected chi connectivity index (χ3v) is 7.48. The van der Waals surface area contributed by atoms with Crippen LogP contribution in [0.2, 0.25) is 5.02 Å². The highest BCUT2D eigenvalue weighted by Gasteiger charge is 2.32. The molecule has 2 aromatic rings. The van der Waals surface area contributed by atoms with Crippen LogP contribution in [0.1, 0.15) is 43.1 Å². The van der Waals surface area contributed by atoms with Gasteiger partial charge >= 0.3 is 11.8 Å². The Balaban J connectivity index is 1.61. The van der Waals surface area contributed by atoms with E-state index in [9.17, 15) is 18.0 Å². The highest BCUT2D eigenvalue weighted by atomic mass is 35.5. The number of hydrogen-bond acceptors (Lipinski definition) is 5. The number of furan rings is 1. The van der Waals surface area contributed by atoms with Crippen molar-refractivity contribution < 1.29 is 22.4 Å². The van der Waals surface area contributed by atoms with E-state index >= 15 is 0 Å². The van der Waals surface area contributed by atoms with Gasteiger partial charge in [-0.3, -0.25) is 9.59 Å². The van der Waals surface area contributed by atoms with Crippen LogP contribution in [0.5, 0.6) is 0 Å². The maximum absolute atomic E-state index is 13.1. The van der Waals surface area contributed by atoms with Crippen LogP contribution in [0.4, 0.5) is 0 Å². The Bertz CT molecular complexity index is 1030. The predicted molar refractivity (Wildman–Crippen MR) is 117 cm³/mol. The van der Waals surface area contributed by atoms with Crippen molar-refractivity contribution >= 4 is 33.3 Å². The Morgan fingerprint density at radius 3 is 2.45 bits per heavy atom. The standard InChI is InChI=1S/C22H25ClN2O5S/c23-17-8-10-18(11-9-17)31(28,29)20(19-7-4-14-30-19)15-25-22(27)21(26)24-13-12-16-5-2-1-3-6-16/h4-5,7-11,14,20H,1-3,6,12-13,15H2,(H,24,26)(H,25,27). The lowest BCUT2D eigenvalue weighted by molar-refractivity contribution is -0.139. The summed E-state index contributed by atoms with van der Waals surface area (Å²) in [6.07, 6.45) is 8.67. The van der Waals surface area contributed by atoms with Gasteiger partial charge in [0.05, 0.1) is 11.2 Å². The zero-order valence-corrected chi connectivity index (χ0v) is 18.5. The predicted octanol–water partition coefficient (Wildman–Crippen LogP) is 3.57. The molecular weight excluding hydrogens is 440 g/mol. The third-order valence-electron chi connectivity index (χ3n) is 5.15. The van der Waals surface area contributed by atoms with Crippen LogP contribution in [0, 0.1) is 0 Å². The molecule has 0 aliphatic heterocycles. The van der Waals surface area contributed by atoms with Crippen molar-refractivity contribution in [3.63, 3.8) is 0 Å². The molecule has 0 spiro atoms. The SMILES string of the molecule is O=C(NCCC1=CCCCC1)C(=O)NCC(c1ccco1)S(=O)(=O)c1ccc(Cl)cc1. The summed E-state index contributed by atoms with van der Waals surface area (Å²) in [5.74, 6) is -1.51. The first-order valence-corrected chi connectivity index (χ1v) is 12.1. The molecule has 1 aromatic heterocycles. The minimum atomic E-state index is -3.90. The van der Waals surface area contributed by atoms with Crippen LogP contribution < -0.4 is 10.6 Å². The number of benzene rings is 1. The van der Waals surface area contributed by atoms with Gasteiger partial charge in [-0.15, -0.1) is 0 Å². The van der Waals surface area contributed by atoms with E-state index < -0.39 is 26.9 Å². The van der Waals surface area contributed by atoms with Gasteiger partial charge in [0.2, 0.25) is 0 Å². The number of nitrogens with one attached hydrogen (secondary N) is 2. The smallest absolute Gasteiger partial charge is 0.309 e. The summed E-state index contributed by atoms with van der Waals surface area (Å²) in [6, 6.07) is 8.81. The van der Waals surface area contributed by atoms with Gasteiger partial charge in [0.25, 0.3) is 0 Å². The molecule has 0 bridgehead atoms. The quantitative estimate of drug-likeness (QED) is 0.459. The fraction of sp³-hybridized carbons (Fsp3) is 0.364. The summed E-state index contributed by atoms with van der Waals surface area (Å²) in [7, 11) is -3.90. The maximum Gasteiger partial charge on any atom is 0.309 e. The summed E-state index contributed by atoms with van der Waals surface area (Å²) >= 11 is 5.85. The third kappa shape index (κ3) is 6.21. The van der Waals surface area contributed by atoms with E-state index in [1.807, 2.05) is 0 Å². The minimum absolute atomic E-state index is 0.0396. The van der Waals surface area contributed by atoms with Gasteiger partial charge in [0, 0.05) is 18.1 Å². The Morgan fingerprint density at radius 2 is 1.81 bits per heavy atom. The molecule has 1 aliphatic carbocycles. The van der Waals surface area contributed by atoms with Crippen LogP contribution in [0.25, 0.3) is 0 Å². The van der Waals surface area contributed by atoms with Crippen molar-refractivity contribution in [1.29, 1.82) is 0 Å². The second-order valence-corrected chi connectivity index (χ2v) is 9.89. The first-order chi connectivity index (χ1) is 14.9. The zero-order valence-electron chi connectivity index (χ0n) is 17.0. The molecule has 1 unspecified atom stereocenters. The van der Waals surface area contributed by atoms with E-state index in [0.29, 0.717) is 18.0 Å². The number of sulfone groups is 1. The monoisotopic (exact) mass is 464 g/mol. The Kier molecular flexibility index (Phi) is 7.92. The second kappa shape index (κ2) is 10.6. The number of allylic oxidation sites excluding steroid dienone is 1. The molecule has 2 N–H and O–H groups in total. The molecule has 1 aliphatic rings. The van der Waals surface area contributed by atoms with E-state index in [2.05, 4.69) is 16.7 Å². The normalized spacial score (nSPS) is 15.1. The first-order valence-electron chi connectivity index (χ1n) is 10.1. The number of hydrogen-bond donors (Lipinski definition) is 2. The van der Waals surface area contributed by atoms with E-state index in [1.165, 1.54) is 48.6 Å². The second-order valence-electron chi connectivity index (χ2n) is 7.33. The van der Waals surface area contributed by atoms with E-state index in [-0.39, 0.29) is 17.2 Å². The molecule has 0 saturated heterocycles. The number of rotatable bonds is 8. The Morgan fingerprint density at radius 1 is 1.06 bits per heavy atom. The lowest BCUT2D eigenvalue weighted by atomic mass is 9.97.